The fourth-order valence-corrected chi connectivity index (χ4v) is 4.34. The van der Waals surface area contributed by atoms with Crippen LogP contribution in [0.15, 0.2) is 47.0 Å². The number of aromatic nitrogens is 5. The van der Waals surface area contributed by atoms with Crippen molar-refractivity contribution < 1.29 is 9.32 Å². The van der Waals surface area contributed by atoms with Gasteiger partial charge in [-0.2, -0.15) is 5.10 Å². The SMILES string of the molecule is Cc1cc(-n2c(C)cc(C=CC(=O)c3c(C)nn4c5ccccc5n(C)c34)c2C)no1. The molecule has 0 fully saturated rings. The Morgan fingerprint density at radius 2 is 1.81 bits per heavy atom. The van der Waals surface area contributed by atoms with Gasteiger partial charge in [-0.15, -0.1) is 0 Å². The molecule has 5 rings (SSSR count). The van der Waals surface area contributed by atoms with Crippen LogP contribution in [0.25, 0.3) is 28.6 Å². The number of hydrogen-bond donors (Lipinski definition) is 0. The second-order valence-corrected chi connectivity index (χ2v) is 7.90. The third-order valence-corrected chi connectivity index (χ3v) is 5.80. The van der Waals surface area contributed by atoms with Crippen LogP contribution in [-0.2, 0) is 7.05 Å². The van der Waals surface area contributed by atoms with E-state index in [9.17, 15) is 4.79 Å². The van der Waals surface area contributed by atoms with Crippen molar-refractivity contribution >= 4 is 28.5 Å². The Hall–Kier alpha value is -3.87. The van der Waals surface area contributed by atoms with Crippen molar-refractivity contribution in [1.29, 1.82) is 0 Å². The minimum Gasteiger partial charge on any atom is -0.360 e. The molecule has 0 saturated heterocycles. The molecule has 31 heavy (non-hydrogen) atoms. The highest BCUT2D eigenvalue weighted by atomic mass is 16.5. The first-order valence-corrected chi connectivity index (χ1v) is 10.1. The molecule has 1 aromatic carbocycles. The van der Waals surface area contributed by atoms with Gasteiger partial charge in [0.2, 0.25) is 0 Å². The van der Waals surface area contributed by atoms with Crippen LogP contribution in [0.3, 0.4) is 0 Å². The van der Waals surface area contributed by atoms with Crippen LogP contribution < -0.4 is 0 Å². The minimum atomic E-state index is -0.0690. The number of carbonyl (C=O) groups is 1. The van der Waals surface area contributed by atoms with Crippen molar-refractivity contribution in [3.05, 3.63) is 76.4 Å². The van der Waals surface area contributed by atoms with E-state index in [0.29, 0.717) is 5.56 Å². The van der Waals surface area contributed by atoms with Gasteiger partial charge in [0.1, 0.15) is 11.4 Å². The summed E-state index contributed by atoms with van der Waals surface area (Å²) in [6.07, 6.45) is 3.49. The number of hydrogen-bond acceptors (Lipinski definition) is 4. The third kappa shape index (κ3) is 2.84. The van der Waals surface area contributed by atoms with Crippen molar-refractivity contribution in [2.45, 2.75) is 27.7 Å². The number of rotatable bonds is 4. The predicted octanol–water partition coefficient (Wildman–Crippen LogP) is 4.73. The molecular weight excluding hydrogens is 390 g/mol. The number of aryl methyl sites for hydroxylation is 4. The molecular formula is C24H23N5O2. The number of fused-ring (bicyclic) bond motifs is 3. The van der Waals surface area contributed by atoms with Crippen molar-refractivity contribution in [1.82, 2.24) is 23.9 Å². The van der Waals surface area contributed by atoms with E-state index in [4.69, 9.17) is 4.52 Å². The predicted molar refractivity (Wildman–Crippen MR) is 120 cm³/mol. The number of ketones is 1. The summed E-state index contributed by atoms with van der Waals surface area (Å²) in [4.78, 5) is 13.2. The number of allylic oxidation sites excluding steroid dienone is 1. The van der Waals surface area contributed by atoms with Gasteiger partial charge in [0.25, 0.3) is 0 Å². The fourth-order valence-electron chi connectivity index (χ4n) is 4.34. The zero-order valence-corrected chi connectivity index (χ0v) is 18.2. The quantitative estimate of drug-likeness (QED) is 0.315. The second-order valence-electron chi connectivity index (χ2n) is 7.90. The highest BCUT2D eigenvalue weighted by Crippen LogP contribution is 2.26. The molecule has 0 amide bonds. The molecule has 0 radical (unpaired) electrons. The lowest BCUT2D eigenvalue weighted by Gasteiger charge is -2.04. The van der Waals surface area contributed by atoms with E-state index in [1.54, 1.807) is 6.08 Å². The Bertz CT molecular complexity index is 1510. The standard InChI is InChI=1S/C24H23N5O2/c1-14-12-18(17(4)28(14)22-13-15(2)31-26-22)10-11-21(30)23-16(3)25-29-20-9-7-6-8-19(20)27(5)24(23)29/h6-13H,1-5H3. The topological polar surface area (TPSA) is 70.3 Å². The van der Waals surface area contributed by atoms with Crippen LogP contribution in [0.2, 0.25) is 0 Å². The summed E-state index contributed by atoms with van der Waals surface area (Å²) in [5.74, 6) is 1.43. The molecule has 0 bridgehead atoms. The first-order chi connectivity index (χ1) is 14.9. The van der Waals surface area contributed by atoms with Gasteiger partial charge in [-0.3, -0.25) is 9.36 Å². The summed E-state index contributed by atoms with van der Waals surface area (Å²) < 4.78 is 11.1. The van der Waals surface area contributed by atoms with E-state index in [-0.39, 0.29) is 5.78 Å². The first-order valence-electron chi connectivity index (χ1n) is 10.1. The molecule has 0 N–H and O–H groups in total. The normalized spacial score (nSPS) is 12.0. The molecule has 4 heterocycles. The van der Waals surface area contributed by atoms with Gasteiger partial charge in [-0.05, 0) is 63.6 Å². The van der Waals surface area contributed by atoms with Gasteiger partial charge >= 0.3 is 0 Å². The summed E-state index contributed by atoms with van der Waals surface area (Å²) in [6, 6.07) is 11.9. The summed E-state index contributed by atoms with van der Waals surface area (Å²) >= 11 is 0. The van der Waals surface area contributed by atoms with Gasteiger partial charge in [-0.25, -0.2) is 4.52 Å². The zero-order valence-electron chi connectivity index (χ0n) is 18.2. The van der Waals surface area contributed by atoms with Crippen LogP contribution in [0.5, 0.6) is 0 Å². The van der Waals surface area contributed by atoms with Crippen LogP contribution in [-0.4, -0.2) is 29.7 Å². The zero-order chi connectivity index (χ0) is 21.9. The van der Waals surface area contributed by atoms with Crippen molar-refractivity contribution in [3.8, 4) is 5.82 Å². The first kappa shape index (κ1) is 19.1. The van der Waals surface area contributed by atoms with Crippen molar-refractivity contribution in [2.24, 2.45) is 7.05 Å². The molecule has 0 atom stereocenters. The van der Waals surface area contributed by atoms with E-state index in [1.807, 2.05) is 90.9 Å². The average Bonchev–Trinajstić information content (AvgIpc) is 3.45. The Balaban J connectivity index is 1.56. The van der Waals surface area contributed by atoms with Gasteiger partial charge in [0, 0.05) is 24.5 Å². The number of para-hydroxylation sites is 2. The van der Waals surface area contributed by atoms with E-state index in [0.717, 1.165) is 50.9 Å². The number of carbonyl (C=O) groups excluding carboxylic acids is 1. The molecule has 0 aliphatic rings. The second kappa shape index (κ2) is 6.84. The largest absolute Gasteiger partial charge is 0.360 e. The van der Waals surface area contributed by atoms with Crippen LogP contribution >= 0.6 is 0 Å². The smallest absolute Gasteiger partial charge is 0.191 e. The minimum absolute atomic E-state index is 0.0690. The summed E-state index contributed by atoms with van der Waals surface area (Å²) in [6.45, 7) is 7.76. The molecule has 0 unspecified atom stereocenters. The van der Waals surface area contributed by atoms with E-state index < -0.39 is 0 Å². The Morgan fingerprint density at radius 3 is 2.52 bits per heavy atom. The molecule has 0 aliphatic heterocycles. The van der Waals surface area contributed by atoms with Crippen LogP contribution in [0, 0.1) is 27.7 Å². The monoisotopic (exact) mass is 413 g/mol. The maximum Gasteiger partial charge on any atom is 0.191 e. The Labute approximate surface area is 179 Å². The van der Waals surface area contributed by atoms with Crippen molar-refractivity contribution in [2.75, 3.05) is 0 Å². The van der Waals surface area contributed by atoms with Gasteiger partial charge in [0.05, 0.1) is 22.3 Å². The molecule has 7 nitrogen and oxygen atoms in total. The lowest BCUT2D eigenvalue weighted by molar-refractivity contribution is 0.104. The van der Waals surface area contributed by atoms with Gasteiger partial charge in [0.15, 0.2) is 11.6 Å². The van der Waals surface area contributed by atoms with E-state index in [2.05, 4.69) is 10.3 Å². The molecule has 0 saturated carbocycles. The summed E-state index contributed by atoms with van der Waals surface area (Å²) in [5.41, 5.74) is 7.14. The third-order valence-electron chi connectivity index (χ3n) is 5.80. The summed E-state index contributed by atoms with van der Waals surface area (Å²) in [7, 11) is 1.97. The summed E-state index contributed by atoms with van der Waals surface area (Å²) in [5, 5.41) is 8.75. The molecule has 5 aromatic rings. The lowest BCUT2D eigenvalue weighted by atomic mass is 10.1. The fraction of sp³-hybridized carbons (Fsp3) is 0.208. The van der Waals surface area contributed by atoms with Gasteiger partial charge < -0.3 is 9.09 Å². The Kier molecular flexibility index (Phi) is 4.22. The maximum atomic E-state index is 13.2. The molecule has 0 aliphatic carbocycles. The highest BCUT2D eigenvalue weighted by molar-refractivity contribution is 6.12. The lowest BCUT2D eigenvalue weighted by Crippen LogP contribution is -2.00. The number of nitrogens with zero attached hydrogens (tertiary/aromatic N) is 5. The van der Waals surface area contributed by atoms with E-state index >= 15 is 0 Å². The molecule has 156 valence electrons. The number of benzene rings is 1. The average molecular weight is 413 g/mol. The molecule has 4 aromatic heterocycles. The molecule has 0 spiro atoms. The highest BCUT2D eigenvalue weighted by Gasteiger charge is 2.21. The van der Waals surface area contributed by atoms with Crippen LogP contribution in [0.4, 0.5) is 0 Å². The molecule has 7 heteroatoms. The van der Waals surface area contributed by atoms with Crippen molar-refractivity contribution in [3.63, 3.8) is 0 Å². The van der Waals surface area contributed by atoms with Gasteiger partial charge in [-0.1, -0.05) is 17.3 Å². The number of imidazole rings is 1. The van der Waals surface area contributed by atoms with Crippen LogP contribution in [0.1, 0.15) is 38.8 Å². The van der Waals surface area contributed by atoms with E-state index in [1.165, 1.54) is 0 Å². The maximum absolute atomic E-state index is 13.2. The Morgan fingerprint density at radius 1 is 1.06 bits per heavy atom.